The summed E-state index contributed by atoms with van der Waals surface area (Å²) in [5.74, 6) is 0.0101. The lowest BCUT2D eigenvalue weighted by molar-refractivity contribution is -0.160. The molecule has 1 atom stereocenters. The lowest BCUT2D eigenvalue weighted by Crippen LogP contribution is -2.27. The second-order valence-electron chi connectivity index (χ2n) is 7.14. The van der Waals surface area contributed by atoms with Gasteiger partial charge in [0.1, 0.15) is 12.4 Å². The van der Waals surface area contributed by atoms with Gasteiger partial charge in [0.05, 0.1) is 17.1 Å². The Kier molecular flexibility index (Phi) is 5.14. The number of rotatable bonds is 5. The fourth-order valence-electron chi connectivity index (χ4n) is 3.37. The maximum absolute atomic E-state index is 12.0. The fourth-order valence-corrected chi connectivity index (χ4v) is 3.37. The van der Waals surface area contributed by atoms with Crippen molar-refractivity contribution in [1.82, 2.24) is 10.0 Å². The zero-order chi connectivity index (χ0) is 20.4. The Labute approximate surface area is 169 Å². The standard InChI is InChI=1S/C24H22N2O3/c1-16(24(27)26(2)28)18-7-8-20-14-22(12-10-19(20)13-18)29-15-21-11-9-17-5-3-4-6-23(17)25-21/h3-14,16,28H,15H2,1-2H3. The van der Waals surface area contributed by atoms with Crippen molar-refractivity contribution in [3.05, 3.63) is 84.1 Å². The van der Waals surface area contributed by atoms with Gasteiger partial charge in [0.25, 0.3) is 5.91 Å². The molecule has 1 heterocycles. The predicted octanol–water partition coefficient (Wildman–Crippen LogP) is 4.92. The number of benzene rings is 3. The number of fused-ring (bicyclic) bond motifs is 2. The maximum atomic E-state index is 12.0. The molecule has 146 valence electrons. The second-order valence-corrected chi connectivity index (χ2v) is 7.14. The molecule has 0 saturated carbocycles. The lowest BCUT2D eigenvalue weighted by atomic mass is 9.97. The van der Waals surface area contributed by atoms with Gasteiger partial charge in [-0.25, -0.2) is 10.0 Å². The van der Waals surface area contributed by atoms with Gasteiger partial charge in [-0.2, -0.15) is 0 Å². The minimum Gasteiger partial charge on any atom is -0.487 e. The van der Waals surface area contributed by atoms with Crippen molar-refractivity contribution in [3.63, 3.8) is 0 Å². The zero-order valence-corrected chi connectivity index (χ0v) is 16.4. The number of carbonyl (C=O) groups is 1. The third-order valence-electron chi connectivity index (χ3n) is 5.07. The number of likely N-dealkylation sites (N-methyl/N-ethyl adjacent to an activating group) is 1. The first kappa shape index (κ1) is 18.9. The Morgan fingerprint density at radius 2 is 1.72 bits per heavy atom. The number of amides is 1. The van der Waals surface area contributed by atoms with E-state index in [1.807, 2.05) is 66.7 Å². The maximum Gasteiger partial charge on any atom is 0.252 e. The molecule has 5 heteroatoms. The van der Waals surface area contributed by atoms with E-state index in [4.69, 9.17) is 4.74 Å². The Bertz CT molecular complexity index is 1190. The van der Waals surface area contributed by atoms with E-state index in [-0.39, 0.29) is 5.91 Å². The van der Waals surface area contributed by atoms with E-state index in [9.17, 15) is 10.0 Å². The highest BCUT2D eigenvalue weighted by Gasteiger charge is 2.18. The molecule has 0 bridgehead atoms. The average Bonchev–Trinajstić information content (AvgIpc) is 2.76. The summed E-state index contributed by atoms with van der Waals surface area (Å²) in [7, 11) is 1.34. The van der Waals surface area contributed by atoms with Crippen LogP contribution >= 0.6 is 0 Å². The number of nitrogens with zero attached hydrogens (tertiary/aromatic N) is 2. The van der Waals surface area contributed by atoms with Crippen LogP contribution in [0.5, 0.6) is 5.75 Å². The van der Waals surface area contributed by atoms with Gasteiger partial charge < -0.3 is 4.74 Å². The third kappa shape index (κ3) is 4.05. The van der Waals surface area contributed by atoms with Crippen molar-refractivity contribution in [2.24, 2.45) is 0 Å². The molecule has 4 rings (SSSR count). The van der Waals surface area contributed by atoms with Gasteiger partial charge >= 0.3 is 0 Å². The van der Waals surface area contributed by atoms with E-state index in [1.165, 1.54) is 7.05 Å². The number of hydrogen-bond acceptors (Lipinski definition) is 4. The van der Waals surface area contributed by atoms with E-state index in [2.05, 4.69) is 11.1 Å². The molecule has 5 nitrogen and oxygen atoms in total. The van der Waals surface area contributed by atoms with Crippen molar-refractivity contribution in [2.45, 2.75) is 19.4 Å². The SMILES string of the molecule is CC(C(=O)N(C)O)c1ccc2cc(OCc3ccc4ccccc4n3)ccc2c1. The number of pyridine rings is 1. The minimum atomic E-state index is -0.413. The number of hydrogen-bond donors (Lipinski definition) is 1. The van der Waals surface area contributed by atoms with Crippen LogP contribution < -0.4 is 4.74 Å². The summed E-state index contributed by atoms with van der Waals surface area (Å²) in [6, 6.07) is 23.7. The number of aromatic nitrogens is 1. The van der Waals surface area contributed by atoms with E-state index in [1.54, 1.807) is 6.92 Å². The first-order valence-corrected chi connectivity index (χ1v) is 9.49. The fraction of sp³-hybridized carbons (Fsp3) is 0.167. The topological polar surface area (TPSA) is 62.7 Å². The van der Waals surface area contributed by atoms with Crippen LogP contribution in [-0.2, 0) is 11.4 Å². The molecule has 1 N–H and O–H groups in total. The summed E-state index contributed by atoms with van der Waals surface area (Å²) in [6.07, 6.45) is 0. The summed E-state index contributed by atoms with van der Waals surface area (Å²) in [5.41, 5.74) is 2.69. The molecule has 0 radical (unpaired) electrons. The summed E-state index contributed by atoms with van der Waals surface area (Å²) < 4.78 is 5.94. The number of carbonyl (C=O) groups excluding carboxylic acids is 1. The van der Waals surface area contributed by atoms with E-state index in [0.29, 0.717) is 11.7 Å². The zero-order valence-electron chi connectivity index (χ0n) is 16.4. The summed E-state index contributed by atoms with van der Waals surface area (Å²) in [6.45, 7) is 2.17. The number of hydroxylamine groups is 2. The van der Waals surface area contributed by atoms with Crippen LogP contribution in [-0.4, -0.2) is 28.2 Å². The van der Waals surface area contributed by atoms with Gasteiger partial charge in [0, 0.05) is 12.4 Å². The number of para-hydroxylation sites is 1. The first-order valence-electron chi connectivity index (χ1n) is 9.49. The Hall–Kier alpha value is -3.44. The van der Waals surface area contributed by atoms with Crippen molar-refractivity contribution >= 4 is 27.6 Å². The van der Waals surface area contributed by atoms with E-state index >= 15 is 0 Å². The highest BCUT2D eigenvalue weighted by molar-refractivity contribution is 5.88. The molecular formula is C24H22N2O3. The van der Waals surface area contributed by atoms with Crippen LogP contribution in [0, 0.1) is 0 Å². The van der Waals surface area contributed by atoms with Crippen molar-refractivity contribution in [3.8, 4) is 5.75 Å². The Morgan fingerprint density at radius 1 is 1.00 bits per heavy atom. The molecule has 0 fully saturated rings. The predicted molar refractivity (Wildman–Crippen MR) is 113 cm³/mol. The molecule has 0 spiro atoms. The highest BCUT2D eigenvalue weighted by atomic mass is 16.5. The van der Waals surface area contributed by atoms with E-state index < -0.39 is 5.92 Å². The molecule has 3 aromatic carbocycles. The lowest BCUT2D eigenvalue weighted by Gasteiger charge is -2.16. The molecule has 0 aliphatic carbocycles. The van der Waals surface area contributed by atoms with Gasteiger partial charge in [0.2, 0.25) is 0 Å². The van der Waals surface area contributed by atoms with Crippen molar-refractivity contribution < 1.29 is 14.7 Å². The second kappa shape index (κ2) is 7.89. The molecule has 29 heavy (non-hydrogen) atoms. The van der Waals surface area contributed by atoms with Gasteiger partial charge in [-0.3, -0.25) is 10.0 Å². The van der Waals surface area contributed by atoms with Crippen molar-refractivity contribution in [1.29, 1.82) is 0 Å². The Balaban J connectivity index is 1.51. The molecular weight excluding hydrogens is 364 g/mol. The molecule has 4 aromatic rings. The van der Waals surface area contributed by atoms with Crippen LogP contribution in [0.25, 0.3) is 21.7 Å². The third-order valence-corrected chi connectivity index (χ3v) is 5.07. The van der Waals surface area contributed by atoms with Crippen molar-refractivity contribution in [2.75, 3.05) is 7.05 Å². The monoisotopic (exact) mass is 386 g/mol. The van der Waals surface area contributed by atoms with Gasteiger partial charge in [-0.05, 0) is 47.5 Å². The van der Waals surface area contributed by atoms with Gasteiger partial charge in [-0.1, -0.05) is 48.5 Å². The smallest absolute Gasteiger partial charge is 0.252 e. The van der Waals surface area contributed by atoms with Crippen LogP contribution in [0.4, 0.5) is 0 Å². The van der Waals surface area contributed by atoms with Crippen LogP contribution in [0.2, 0.25) is 0 Å². The minimum absolute atomic E-state index is 0.341. The molecule has 1 amide bonds. The molecule has 0 saturated heterocycles. The van der Waals surface area contributed by atoms with Gasteiger partial charge in [0.15, 0.2) is 0 Å². The summed E-state index contributed by atoms with van der Waals surface area (Å²) >= 11 is 0. The van der Waals surface area contributed by atoms with Gasteiger partial charge in [-0.15, -0.1) is 0 Å². The molecule has 1 aromatic heterocycles. The van der Waals surface area contributed by atoms with Crippen LogP contribution in [0.1, 0.15) is 24.1 Å². The summed E-state index contributed by atoms with van der Waals surface area (Å²) in [5, 5.41) is 13.2. The molecule has 1 unspecified atom stereocenters. The van der Waals surface area contributed by atoms with E-state index in [0.717, 1.165) is 38.7 Å². The quantitative estimate of drug-likeness (QED) is 0.391. The molecule has 0 aliphatic heterocycles. The summed E-state index contributed by atoms with van der Waals surface area (Å²) in [4.78, 5) is 16.6. The Morgan fingerprint density at radius 3 is 2.55 bits per heavy atom. The van der Waals surface area contributed by atoms with Crippen LogP contribution in [0.3, 0.4) is 0 Å². The average molecular weight is 386 g/mol. The normalized spacial score (nSPS) is 12.1. The number of ether oxygens (including phenoxy) is 1. The highest BCUT2D eigenvalue weighted by Crippen LogP contribution is 2.26. The van der Waals surface area contributed by atoms with Crippen LogP contribution in [0.15, 0.2) is 72.8 Å². The molecule has 0 aliphatic rings. The largest absolute Gasteiger partial charge is 0.487 e. The first-order chi connectivity index (χ1) is 14.0.